The fourth-order valence-electron chi connectivity index (χ4n) is 2.24. The predicted octanol–water partition coefficient (Wildman–Crippen LogP) is 3.38. The van der Waals surface area contributed by atoms with Crippen LogP contribution in [0.4, 0.5) is 4.39 Å². The van der Waals surface area contributed by atoms with E-state index in [1.807, 2.05) is 0 Å². The molecule has 1 aromatic rings. The average Bonchev–Trinajstić information content (AvgIpc) is 2.16. The zero-order valence-electron chi connectivity index (χ0n) is 9.69. The van der Waals surface area contributed by atoms with Crippen molar-refractivity contribution in [2.24, 2.45) is 11.3 Å². The molecule has 0 saturated carbocycles. The van der Waals surface area contributed by atoms with Crippen molar-refractivity contribution in [1.29, 1.82) is 0 Å². The zero-order valence-corrected chi connectivity index (χ0v) is 11.3. The maximum Gasteiger partial charge on any atom is 0.123 e. The molecule has 1 heterocycles. The summed E-state index contributed by atoms with van der Waals surface area (Å²) < 4.78 is 14.2. The van der Waals surface area contributed by atoms with Crippen molar-refractivity contribution in [1.82, 2.24) is 5.32 Å². The molecular weight excluding hydrogens is 269 g/mol. The fraction of sp³-hybridized carbons (Fsp3) is 0.538. The second kappa shape index (κ2) is 4.46. The molecule has 0 amide bonds. The van der Waals surface area contributed by atoms with Gasteiger partial charge in [0.05, 0.1) is 0 Å². The fourth-order valence-corrected chi connectivity index (χ4v) is 2.63. The Morgan fingerprint density at radius 1 is 1.44 bits per heavy atom. The summed E-state index contributed by atoms with van der Waals surface area (Å²) in [6.45, 7) is 6.56. The smallest absolute Gasteiger partial charge is 0.123 e. The molecule has 0 spiro atoms. The number of benzene rings is 1. The van der Waals surface area contributed by atoms with E-state index in [1.54, 1.807) is 12.1 Å². The van der Waals surface area contributed by atoms with E-state index in [0.717, 1.165) is 29.5 Å². The Kier molecular flexibility index (Phi) is 3.36. The molecule has 1 N–H and O–H groups in total. The van der Waals surface area contributed by atoms with Gasteiger partial charge in [0.1, 0.15) is 5.82 Å². The SMILES string of the molecule is CC(C)C1(Cc2cc(F)ccc2Br)CNC1. The molecule has 1 nitrogen and oxygen atoms in total. The molecule has 1 saturated heterocycles. The lowest BCUT2D eigenvalue weighted by Gasteiger charge is -2.46. The molecular formula is C13H17BrFN. The first-order valence-electron chi connectivity index (χ1n) is 5.68. The van der Waals surface area contributed by atoms with Crippen LogP contribution in [0, 0.1) is 17.2 Å². The third-order valence-corrected chi connectivity index (χ3v) is 4.50. The summed E-state index contributed by atoms with van der Waals surface area (Å²) in [6, 6.07) is 4.94. The molecule has 3 heteroatoms. The average molecular weight is 286 g/mol. The predicted molar refractivity (Wildman–Crippen MR) is 67.9 cm³/mol. The first-order valence-corrected chi connectivity index (χ1v) is 6.47. The van der Waals surface area contributed by atoms with Gasteiger partial charge in [0, 0.05) is 23.0 Å². The van der Waals surface area contributed by atoms with Crippen LogP contribution in [-0.2, 0) is 6.42 Å². The van der Waals surface area contributed by atoms with Crippen LogP contribution in [0.5, 0.6) is 0 Å². The topological polar surface area (TPSA) is 12.0 Å². The molecule has 1 aromatic carbocycles. The van der Waals surface area contributed by atoms with Gasteiger partial charge in [0.25, 0.3) is 0 Å². The largest absolute Gasteiger partial charge is 0.315 e. The minimum Gasteiger partial charge on any atom is -0.315 e. The van der Waals surface area contributed by atoms with Gasteiger partial charge >= 0.3 is 0 Å². The van der Waals surface area contributed by atoms with Crippen molar-refractivity contribution in [3.05, 3.63) is 34.1 Å². The van der Waals surface area contributed by atoms with Crippen molar-refractivity contribution in [2.75, 3.05) is 13.1 Å². The Hall–Kier alpha value is -0.410. The summed E-state index contributed by atoms with van der Waals surface area (Å²) in [5, 5.41) is 3.33. The molecule has 2 rings (SSSR count). The Morgan fingerprint density at radius 3 is 2.62 bits per heavy atom. The molecule has 0 aliphatic carbocycles. The molecule has 88 valence electrons. The molecule has 0 aromatic heterocycles. The normalized spacial score (nSPS) is 18.6. The molecule has 0 atom stereocenters. The van der Waals surface area contributed by atoms with E-state index in [0.29, 0.717) is 11.3 Å². The van der Waals surface area contributed by atoms with Crippen LogP contribution in [-0.4, -0.2) is 13.1 Å². The molecule has 0 unspecified atom stereocenters. The monoisotopic (exact) mass is 285 g/mol. The molecule has 16 heavy (non-hydrogen) atoms. The van der Waals surface area contributed by atoms with Gasteiger partial charge < -0.3 is 5.32 Å². The maximum absolute atomic E-state index is 13.2. The first kappa shape index (κ1) is 12.1. The van der Waals surface area contributed by atoms with E-state index in [1.165, 1.54) is 6.07 Å². The summed E-state index contributed by atoms with van der Waals surface area (Å²) in [5.74, 6) is 0.466. The molecule has 0 bridgehead atoms. The Bertz CT molecular complexity index is 386. The van der Waals surface area contributed by atoms with Crippen molar-refractivity contribution in [3.8, 4) is 0 Å². The number of nitrogens with one attached hydrogen (secondary N) is 1. The lowest BCUT2D eigenvalue weighted by molar-refractivity contribution is 0.0992. The van der Waals surface area contributed by atoms with Gasteiger partial charge in [-0.05, 0) is 36.1 Å². The lowest BCUT2D eigenvalue weighted by atomic mass is 9.68. The van der Waals surface area contributed by atoms with Crippen LogP contribution in [0.3, 0.4) is 0 Å². The van der Waals surface area contributed by atoms with Gasteiger partial charge in [-0.3, -0.25) is 0 Å². The van der Waals surface area contributed by atoms with E-state index in [9.17, 15) is 4.39 Å². The Labute approximate surface area is 105 Å². The summed E-state index contributed by atoms with van der Waals surface area (Å²) in [6.07, 6.45) is 0.940. The number of hydrogen-bond acceptors (Lipinski definition) is 1. The number of hydrogen-bond donors (Lipinski definition) is 1. The van der Waals surface area contributed by atoms with Gasteiger partial charge in [-0.15, -0.1) is 0 Å². The summed E-state index contributed by atoms with van der Waals surface area (Å²) >= 11 is 3.50. The van der Waals surface area contributed by atoms with Crippen molar-refractivity contribution in [3.63, 3.8) is 0 Å². The highest BCUT2D eigenvalue weighted by molar-refractivity contribution is 9.10. The second-order valence-electron chi connectivity index (χ2n) is 5.03. The number of rotatable bonds is 3. The van der Waals surface area contributed by atoms with E-state index >= 15 is 0 Å². The highest BCUT2D eigenvalue weighted by Crippen LogP contribution is 2.37. The minimum absolute atomic E-state index is 0.149. The third-order valence-electron chi connectivity index (χ3n) is 3.73. The minimum atomic E-state index is -0.149. The van der Waals surface area contributed by atoms with E-state index < -0.39 is 0 Å². The zero-order chi connectivity index (χ0) is 11.8. The van der Waals surface area contributed by atoms with Gasteiger partial charge in [-0.2, -0.15) is 0 Å². The van der Waals surface area contributed by atoms with Crippen LogP contribution in [0.15, 0.2) is 22.7 Å². The van der Waals surface area contributed by atoms with E-state index in [2.05, 4.69) is 35.1 Å². The second-order valence-corrected chi connectivity index (χ2v) is 5.89. The van der Waals surface area contributed by atoms with Gasteiger partial charge in [0.2, 0.25) is 0 Å². The highest BCUT2D eigenvalue weighted by atomic mass is 79.9. The third kappa shape index (κ3) is 2.16. The van der Waals surface area contributed by atoms with Crippen LogP contribution in [0.1, 0.15) is 19.4 Å². The van der Waals surface area contributed by atoms with Crippen LogP contribution in [0.2, 0.25) is 0 Å². The number of halogens is 2. The Morgan fingerprint density at radius 2 is 2.12 bits per heavy atom. The first-order chi connectivity index (χ1) is 7.53. The van der Waals surface area contributed by atoms with Crippen molar-refractivity contribution >= 4 is 15.9 Å². The molecule has 1 fully saturated rings. The lowest BCUT2D eigenvalue weighted by Crippen LogP contribution is -2.57. The van der Waals surface area contributed by atoms with Crippen LogP contribution in [0.25, 0.3) is 0 Å². The van der Waals surface area contributed by atoms with Crippen LogP contribution < -0.4 is 5.32 Å². The summed E-state index contributed by atoms with van der Waals surface area (Å²) in [5.41, 5.74) is 1.38. The van der Waals surface area contributed by atoms with Gasteiger partial charge in [0.15, 0.2) is 0 Å². The highest BCUT2D eigenvalue weighted by Gasteiger charge is 2.40. The van der Waals surface area contributed by atoms with Gasteiger partial charge in [-0.25, -0.2) is 4.39 Å². The Balaban J connectivity index is 2.22. The molecule has 1 aliphatic rings. The maximum atomic E-state index is 13.2. The van der Waals surface area contributed by atoms with Gasteiger partial charge in [-0.1, -0.05) is 29.8 Å². The van der Waals surface area contributed by atoms with E-state index in [4.69, 9.17) is 0 Å². The van der Waals surface area contributed by atoms with Crippen LogP contribution >= 0.6 is 15.9 Å². The summed E-state index contributed by atoms with van der Waals surface area (Å²) in [7, 11) is 0. The standard InChI is InChI=1S/C13H17BrFN/c1-9(2)13(7-16-8-13)6-10-5-11(15)3-4-12(10)14/h3-5,9,16H,6-8H2,1-2H3. The van der Waals surface area contributed by atoms with E-state index in [-0.39, 0.29) is 5.82 Å². The van der Waals surface area contributed by atoms with Crippen molar-refractivity contribution < 1.29 is 4.39 Å². The summed E-state index contributed by atoms with van der Waals surface area (Å²) in [4.78, 5) is 0. The molecule has 1 aliphatic heterocycles. The molecule has 0 radical (unpaired) electrons. The van der Waals surface area contributed by atoms with Crippen molar-refractivity contribution in [2.45, 2.75) is 20.3 Å². The quantitative estimate of drug-likeness (QED) is 0.898.